The van der Waals surface area contributed by atoms with Crippen molar-refractivity contribution in [2.45, 2.75) is 30.6 Å². The summed E-state index contributed by atoms with van der Waals surface area (Å²) >= 11 is 0. The van der Waals surface area contributed by atoms with Crippen LogP contribution in [0.25, 0.3) is 0 Å². The fourth-order valence-electron chi connectivity index (χ4n) is 2.25. The highest BCUT2D eigenvalue weighted by Crippen LogP contribution is 2.23. The third-order valence-electron chi connectivity index (χ3n) is 3.27. The maximum absolute atomic E-state index is 13.1. The van der Waals surface area contributed by atoms with Crippen LogP contribution in [0.4, 0.5) is 4.79 Å². The maximum atomic E-state index is 13.1. The van der Waals surface area contributed by atoms with Crippen molar-refractivity contribution in [3.8, 4) is 0 Å². The number of methoxy groups -OCH3 is 1. The van der Waals surface area contributed by atoms with Gasteiger partial charge in [-0.1, -0.05) is 29.8 Å². The summed E-state index contributed by atoms with van der Waals surface area (Å²) < 4.78 is 21.5. The second kappa shape index (κ2) is 6.70. The van der Waals surface area contributed by atoms with Crippen molar-refractivity contribution in [1.82, 2.24) is 0 Å². The fourth-order valence-corrected chi connectivity index (χ4v) is 4.25. The Balaban J connectivity index is 2.39. The van der Waals surface area contributed by atoms with E-state index in [0.29, 0.717) is 10.6 Å². The number of hydrogen-bond donors (Lipinski definition) is 0. The summed E-state index contributed by atoms with van der Waals surface area (Å²) in [5, 5.41) is 0. The van der Waals surface area contributed by atoms with Crippen LogP contribution in [0.1, 0.15) is 25.7 Å². The smallest absolute Gasteiger partial charge is 0.441 e. The van der Waals surface area contributed by atoms with Crippen LogP contribution < -0.4 is 0 Å². The minimum atomic E-state index is -2.80. The van der Waals surface area contributed by atoms with Gasteiger partial charge >= 0.3 is 6.09 Å². The highest BCUT2D eigenvalue weighted by atomic mass is 32.2. The Labute approximate surface area is 120 Å². The van der Waals surface area contributed by atoms with Gasteiger partial charge in [-0.2, -0.15) is 0 Å². The van der Waals surface area contributed by atoms with Crippen molar-refractivity contribution in [2.75, 3.05) is 12.9 Å². The van der Waals surface area contributed by atoms with E-state index in [0.717, 1.165) is 24.8 Å². The van der Waals surface area contributed by atoms with Crippen molar-refractivity contribution in [3.63, 3.8) is 0 Å². The molecule has 1 aliphatic rings. The van der Waals surface area contributed by atoms with Gasteiger partial charge in [-0.15, -0.1) is 4.36 Å². The minimum Gasteiger partial charge on any atom is -0.451 e. The maximum Gasteiger partial charge on any atom is 0.441 e. The molecule has 0 spiro atoms. The molecule has 108 valence electrons. The largest absolute Gasteiger partial charge is 0.451 e. The molecule has 1 unspecified atom stereocenters. The molecular weight excluding hydrogens is 274 g/mol. The predicted molar refractivity (Wildman–Crippen MR) is 79.1 cm³/mol. The number of carbonyl (C=O) groups excluding carboxylic acids is 1. The molecule has 20 heavy (non-hydrogen) atoms. The van der Waals surface area contributed by atoms with E-state index in [1.54, 1.807) is 24.3 Å². The van der Waals surface area contributed by atoms with Gasteiger partial charge in [0.25, 0.3) is 0 Å². The van der Waals surface area contributed by atoms with Crippen molar-refractivity contribution in [2.24, 2.45) is 4.36 Å². The van der Waals surface area contributed by atoms with Gasteiger partial charge in [0, 0.05) is 4.90 Å². The quantitative estimate of drug-likeness (QED) is 0.797. The van der Waals surface area contributed by atoms with E-state index in [9.17, 15) is 9.00 Å². The van der Waals surface area contributed by atoms with Crippen LogP contribution in [0.2, 0.25) is 0 Å². The highest BCUT2D eigenvalue weighted by molar-refractivity contribution is 7.94. The molecule has 0 N–H and O–H groups in total. The SMILES string of the molecule is COC(=O)N=S(=O)(CC1=CCCCC1)c1ccccc1. The van der Waals surface area contributed by atoms with Crippen molar-refractivity contribution in [1.29, 1.82) is 0 Å². The minimum absolute atomic E-state index is 0.312. The molecule has 0 heterocycles. The summed E-state index contributed by atoms with van der Waals surface area (Å²) in [4.78, 5) is 12.0. The second-order valence-electron chi connectivity index (χ2n) is 4.77. The molecule has 0 aliphatic heterocycles. The van der Waals surface area contributed by atoms with Crippen LogP contribution in [0.5, 0.6) is 0 Å². The van der Waals surface area contributed by atoms with Crippen LogP contribution in [0.3, 0.4) is 0 Å². The standard InChI is InChI=1S/C15H19NO3S/c1-19-15(17)16-20(18,14-10-6-3-7-11-14)12-13-8-4-2-5-9-13/h3,6-8,10-11H,2,4-5,9,12H2,1H3. The van der Waals surface area contributed by atoms with Crippen LogP contribution >= 0.6 is 0 Å². The van der Waals surface area contributed by atoms with Crippen LogP contribution in [-0.4, -0.2) is 23.2 Å². The van der Waals surface area contributed by atoms with Crippen LogP contribution in [0, 0.1) is 0 Å². The van der Waals surface area contributed by atoms with E-state index in [1.807, 2.05) is 6.07 Å². The molecule has 1 atom stereocenters. The number of ether oxygens (including phenoxy) is 1. The first-order valence-electron chi connectivity index (χ1n) is 6.70. The number of amides is 1. The highest BCUT2D eigenvalue weighted by Gasteiger charge is 2.18. The summed E-state index contributed by atoms with van der Waals surface area (Å²) in [7, 11) is -1.55. The zero-order chi connectivity index (χ0) is 14.4. The lowest BCUT2D eigenvalue weighted by atomic mass is 10.0. The number of benzene rings is 1. The van der Waals surface area contributed by atoms with E-state index in [1.165, 1.54) is 13.5 Å². The second-order valence-corrected chi connectivity index (χ2v) is 6.99. The van der Waals surface area contributed by atoms with Gasteiger partial charge in [0.05, 0.1) is 22.6 Å². The molecule has 1 aliphatic carbocycles. The normalized spacial score (nSPS) is 17.8. The van der Waals surface area contributed by atoms with Gasteiger partial charge in [-0.25, -0.2) is 9.00 Å². The zero-order valence-corrected chi connectivity index (χ0v) is 12.4. The average Bonchev–Trinajstić information content (AvgIpc) is 2.49. The van der Waals surface area contributed by atoms with E-state index in [4.69, 9.17) is 0 Å². The Morgan fingerprint density at radius 2 is 2.05 bits per heavy atom. The lowest BCUT2D eigenvalue weighted by Gasteiger charge is -2.15. The number of nitrogens with zero attached hydrogens (tertiary/aromatic N) is 1. The molecule has 4 nitrogen and oxygen atoms in total. The van der Waals surface area contributed by atoms with Crippen molar-refractivity contribution in [3.05, 3.63) is 42.0 Å². The lowest BCUT2D eigenvalue weighted by Crippen LogP contribution is -2.13. The molecule has 0 fully saturated rings. The topological polar surface area (TPSA) is 55.7 Å². The third-order valence-corrected chi connectivity index (χ3v) is 5.49. The number of hydrogen-bond acceptors (Lipinski definition) is 3. The summed E-state index contributed by atoms with van der Waals surface area (Å²) in [6.07, 6.45) is 5.56. The molecule has 0 radical (unpaired) electrons. The first-order chi connectivity index (χ1) is 9.64. The Morgan fingerprint density at radius 3 is 2.65 bits per heavy atom. The van der Waals surface area contributed by atoms with E-state index in [2.05, 4.69) is 15.2 Å². The Morgan fingerprint density at radius 1 is 1.30 bits per heavy atom. The lowest BCUT2D eigenvalue weighted by molar-refractivity contribution is 0.183. The fraction of sp³-hybridized carbons (Fsp3) is 0.400. The molecule has 0 bridgehead atoms. The molecule has 0 saturated heterocycles. The average molecular weight is 293 g/mol. The Kier molecular flexibility index (Phi) is 4.95. The number of rotatable bonds is 3. The molecule has 1 amide bonds. The van der Waals surface area contributed by atoms with Crippen molar-refractivity contribution < 1.29 is 13.7 Å². The van der Waals surface area contributed by atoms with E-state index >= 15 is 0 Å². The van der Waals surface area contributed by atoms with Gasteiger partial charge in [-0.05, 0) is 37.8 Å². The summed E-state index contributed by atoms with van der Waals surface area (Å²) in [6.45, 7) is 0. The summed E-state index contributed by atoms with van der Waals surface area (Å²) in [6, 6.07) is 8.95. The Hall–Kier alpha value is -1.62. The van der Waals surface area contributed by atoms with Gasteiger partial charge in [0.2, 0.25) is 0 Å². The van der Waals surface area contributed by atoms with Gasteiger partial charge in [0.1, 0.15) is 0 Å². The molecule has 1 aromatic carbocycles. The van der Waals surface area contributed by atoms with Crippen LogP contribution in [0.15, 0.2) is 51.2 Å². The number of allylic oxidation sites excluding steroid dienone is 1. The Bertz CT molecular complexity index is 613. The molecule has 2 rings (SSSR count). The molecule has 0 aromatic heterocycles. The van der Waals surface area contributed by atoms with E-state index in [-0.39, 0.29) is 0 Å². The molecule has 1 aromatic rings. The van der Waals surface area contributed by atoms with Crippen LogP contribution in [-0.2, 0) is 14.5 Å². The van der Waals surface area contributed by atoms with Gasteiger partial charge in [-0.3, -0.25) is 0 Å². The monoisotopic (exact) mass is 293 g/mol. The molecule has 5 heteroatoms. The van der Waals surface area contributed by atoms with Gasteiger partial charge < -0.3 is 4.74 Å². The first-order valence-corrected chi connectivity index (χ1v) is 8.38. The number of carbonyl (C=O) groups is 1. The first kappa shape index (κ1) is 14.8. The predicted octanol–water partition coefficient (Wildman–Crippen LogP) is 3.78. The van der Waals surface area contributed by atoms with Gasteiger partial charge in [0.15, 0.2) is 0 Å². The van der Waals surface area contributed by atoms with E-state index < -0.39 is 15.8 Å². The third kappa shape index (κ3) is 3.70. The summed E-state index contributed by atoms with van der Waals surface area (Å²) in [5.41, 5.74) is 1.12. The summed E-state index contributed by atoms with van der Waals surface area (Å²) in [5.74, 6) is 0.312. The molecule has 0 saturated carbocycles. The molecular formula is C15H19NO3S. The van der Waals surface area contributed by atoms with Crippen molar-refractivity contribution >= 4 is 15.8 Å². The zero-order valence-electron chi connectivity index (χ0n) is 11.6.